The van der Waals surface area contributed by atoms with Gasteiger partial charge in [-0.05, 0) is 56.6 Å². The lowest BCUT2D eigenvalue weighted by atomic mass is 9.92. The number of carboxylic acids is 1. The van der Waals surface area contributed by atoms with E-state index in [1.165, 1.54) is 0 Å². The van der Waals surface area contributed by atoms with E-state index in [1.807, 2.05) is 19.1 Å². The maximum atomic E-state index is 11.6. The van der Waals surface area contributed by atoms with E-state index in [9.17, 15) is 9.90 Å². The van der Waals surface area contributed by atoms with Crippen molar-refractivity contribution in [3.05, 3.63) is 35.8 Å². The van der Waals surface area contributed by atoms with Crippen LogP contribution in [-0.2, 0) is 23.2 Å². The Bertz CT molecular complexity index is 1340. The molecule has 2 saturated carbocycles. The largest absolute Gasteiger partial charge is 0.489 e. The lowest BCUT2D eigenvalue weighted by Crippen LogP contribution is -2.21. The fourth-order valence-corrected chi connectivity index (χ4v) is 6.03. The zero-order valence-corrected chi connectivity index (χ0v) is 22.0. The standard InChI is InChI=1S/C27H32N6O6/c1-15-23(38-18-11-16-3-4-19(26(34)35)20(16)12-18)6-5-21(29-15)25-22(33(2)32-31-25)14-37-27-28-9-7-24(30-27)39-17-8-10-36-13-17/h5-7,9,16-20H,3-4,8,10-14H2,1-2H3,(H,34,35)/t16-,17+,18+,19-,20+/m1/s1. The van der Waals surface area contributed by atoms with Gasteiger partial charge in [-0.3, -0.25) is 4.79 Å². The van der Waals surface area contributed by atoms with Gasteiger partial charge in [0.1, 0.15) is 29.8 Å². The molecule has 1 N–H and O–H groups in total. The maximum absolute atomic E-state index is 11.6. The smallest absolute Gasteiger partial charge is 0.320 e. The monoisotopic (exact) mass is 536 g/mol. The summed E-state index contributed by atoms with van der Waals surface area (Å²) in [6, 6.07) is 5.65. The van der Waals surface area contributed by atoms with Crippen molar-refractivity contribution in [2.24, 2.45) is 24.8 Å². The highest BCUT2D eigenvalue weighted by molar-refractivity contribution is 5.71. The van der Waals surface area contributed by atoms with Gasteiger partial charge in [0.15, 0.2) is 0 Å². The van der Waals surface area contributed by atoms with Crippen molar-refractivity contribution in [2.45, 2.75) is 57.8 Å². The molecular weight excluding hydrogens is 504 g/mol. The van der Waals surface area contributed by atoms with Crippen molar-refractivity contribution in [3.8, 4) is 29.0 Å². The van der Waals surface area contributed by atoms with E-state index in [0.717, 1.165) is 43.5 Å². The van der Waals surface area contributed by atoms with Crippen LogP contribution in [0, 0.1) is 24.7 Å². The molecule has 0 aromatic carbocycles. The predicted octanol–water partition coefficient (Wildman–Crippen LogP) is 2.99. The number of rotatable bonds is 9. The second-order valence-corrected chi connectivity index (χ2v) is 10.5. The normalized spacial score (nSPS) is 25.9. The third-order valence-electron chi connectivity index (χ3n) is 8.03. The molecule has 0 unspecified atom stereocenters. The molecule has 39 heavy (non-hydrogen) atoms. The summed E-state index contributed by atoms with van der Waals surface area (Å²) in [7, 11) is 1.79. The van der Waals surface area contributed by atoms with E-state index in [4.69, 9.17) is 23.9 Å². The van der Waals surface area contributed by atoms with E-state index in [0.29, 0.717) is 42.1 Å². The summed E-state index contributed by atoms with van der Waals surface area (Å²) >= 11 is 0. The second-order valence-electron chi connectivity index (χ2n) is 10.5. The van der Waals surface area contributed by atoms with Crippen LogP contribution >= 0.6 is 0 Å². The second kappa shape index (κ2) is 10.8. The highest BCUT2D eigenvalue weighted by Gasteiger charge is 2.47. The SMILES string of the molecule is Cc1nc(-c2nnn(C)c2COc2nccc(O[C@H]3CCOC3)n2)ccc1O[C@H]1C[C@H]2CC[C@@H](C(=O)O)[C@H]2C1. The number of ether oxygens (including phenoxy) is 4. The first-order valence-electron chi connectivity index (χ1n) is 13.4. The minimum atomic E-state index is -0.680. The molecule has 3 aromatic rings. The van der Waals surface area contributed by atoms with Crippen molar-refractivity contribution >= 4 is 5.97 Å². The Morgan fingerprint density at radius 2 is 2.03 bits per heavy atom. The van der Waals surface area contributed by atoms with Crippen molar-refractivity contribution in [1.29, 1.82) is 0 Å². The van der Waals surface area contributed by atoms with Gasteiger partial charge in [-0.1, -0.05) is 5.21 Å². The van der Waals surface area contributed by atoms with Crippen molar-refractivity contribution in [3.63, 3.8) is 0 Å². The Hall–Kier alpha value is -3.80. The van der Waals surface area contributed by atoms with Crippen molar-refractivity contribution in [2.75, 3.05) is 13.2 Å². The molecule has 1 saturated heterocycles. The van der Waals surface area contributed by atoms with Crippen LogP contribution in [0.15, 0.2) is 24.4 Å². The quantitative estimate of drug-likeness (QED) is 0.431. The summed E-state index contributed by atoms with van der Waals surface area (Å²) in [4.78, 5) is 24.9. The van der Waals surface area contributed by atoms with E-state index in [1.54, 1.807) is 24.0 Å². The molecule has 12 heteroatoms. The number of hydrogen-bond acceptors (Lipinski definition) is 10. The van der Waals surface area contributed by atoms with Gasteiger partial charge in [0, 0.05) is 25.7 Å². The Morgan fingerprint density at radius 3 is 2.82 bits per heavy atom. The van der Waals surface area contributed by atoms with Crippen LogP contribution in [0.1, 0.15) is 43.5 Å². The number of nitrogens with zero attached hydrogens (tertiary/aromatic N) is 6. The first-order valence-corrected chi connectivity index (χ1v) is 13.4. The van der Waals surface area contributed by atoms with Gasteiger partial charge in [0.05, 0.1) is 36.6 Å². The average Bonchev–Trinajstić information content (AvgIpc) is 3.70. The molecule has 12 nitrogen and oxygen atoms in total. The van der Waals surface area contributed by atoms with Crippen molar-refractivity contribution < 1.29 is 28.8 Å². The zero-order chi connectivity index (χ0) is 26.9. The van der Waals surface area contributed by atoms with E-state index in [2.05, 4.69) is 20.3 Å². The summed E-state index contributed by atoms with van der Waals surface area (Å²) in [6.45, 7) is 3.28. The Kier molecular flexibility index (Phi) is 7.03. The first-order chi connectivity index (χ1) is 18.9. The van der Waals surface area contributed by atoms with Crippen molar-refractivity contribution in [1.82, 2.24) is 29.9 Å². The lowest BCUT2D eigenvalue weighted by Gasteiger charge is -2.18. The number of fused-ring (bicyclic) bond motifs is 1. The van der Waals surface area contributed by atoms with Gasteiger partial charge >= 0.3 is 12.0 Å². The fraction of sp³-hybridized carbons (Fsp3) is 0.556. The Morgan fingerprint density at radius 1 is 1.13 bits per heavy atom. The molecule has 0 radical (unpaired) electrons. The topological polar surface area (TPSA) is 144 Å². The van der Waals surface area contributed by atoms with Gasteiger partial charge in [-0.25, -0.2) is 14.6 Å². The lowest BCUT2D eigenvalue weighted by molar-refractivity contribution is -0.143. The summed E-state index contributed by atoms with van der Waals surface area (Å²) < 4.78 is 25.0. The molecule has 6 rings (SSSR count). The number of hydrogen-bond donors (Lipinski definition) is 1. The highest BCUT2D eigenvalue weighted by Crippen LogP contribution is 2.48. The molecule has 3 fully saturated rings. The third kappa shape index (κ3) is 5.38. The summed E-state index contributed by atoms with van der Waals surface area (Å²) in [5.41, 5.74) is 2.71. The molecular formula is C27H32N6O6. The number of aromatic nitrogens is 6. The molecule has 3 aliphatic rings. The Balaban J connectivity index is 1.11. The number of carboxylic acid groups (broad SMARTS) is 1. The molecule has 3 aromatic heterocycles. The van der Waals surface area contributed by atoms with Gasteiger partial charge < -0.3 is 24.1 Å². The number of pyridine rings is 1. The van der Waals surface area contributed by atoms with Crippen LogP contribution in [0.4, 0.5) is 0 Å². The summed E-state index contributed by atoms with van der Waals surface area (Å²) in [5.74, 6) is 0.853. The van der Waals surface area contributed by atoms with Crippen LogP contribution < -0.4 is 14.2 Å². The Labute approximate surface area is 225 Å². The molecule has 0 amide bonds. The number of aryl methyl sites for hydroxylation is 2. The molecule has 0 bridgehead atoms. The molecule has 1 aliphatic heterocycles. The average molecular weight is 537 g/mol. The summed E-state index contributed by atoms with van der Waals surface area (Å²) in [5, 5.41) is 18.0. The van der Waals surface area contributed by atoms with Gasteiger partial charge in [0.2, 0.25) is 5.88 Å². The fourth-order valence-electron chi connectivity index (χ4n) is 6.03. The van der Waals surface area contributed by atoms with E-state index in [-0.39, 0.29) is 36.7 Å². The first kappa shape index (κ1) is 25.5. The molecule has 4 heterocycles. The van der Waals surface area contributed by atoms with Crippen LogP contribution in [0.5, 0.6) is 17.6 Å². The van der Waals surface area contributed by atoms with Crippen LogP contribution in [-0.4, -0.2) is 66.4 Å². The predicted molar refractivity (Wildman–Crippen MR) is 136 cm³/mol. The number of aliphatic carboxylic acids is 1. The maximum Gasteiger partial charge on any atom is 0.320 e. The van der Waals surface area contributed by atoms with Gasteiger partial charge in [-0.2, -0.15) is 4.98 Å². The summed E-state index contributed by atoms with van der Waals surface area (Å²) in [6.07, 6.45) is 5.82. The van der Waals surface area contributed by atoms with Gasteiger partial charge in [-0.15, -0.1) is 5.10 Å². The minimum absolute atomic E-state index is 0.00918. The molecule has 0 spiro atoms. The van der Waals surface area contributed by atoms with E-state index >= 15 is 0 Å². The highest BCUT2D eigenvalue weighted by atomic mass is 16.6. The third-order valence-corrected chi connectivity index (χ3v) is 8.03. The molecule has 206 valence electrons. The van der Waals surface area contributed by atoms with E-state index < -0.39 is 5.97 Å². The van der Waals surface area contributed by atoms with Crippen LogP contribution in [0.25, 0.3) is 11.4 Å². The molecule has 5 atom stereocenters. The zero-order valence-electron chi connectivity index (χ0n) is 22.0. The van der Waals surface area contributed by atoms with Crippen LogP contribution in [0.2, 0.25) is 0 Å². The number of carbonyl (C=O) groups is 1. The van der Waals surface area contributed by atoms with Gasteiger partial charge in [0.25, 0.3) is 0 Å². The molecule has 2 aliphatic carbocycles. The minimum Gasteiger partial charge on any atom is -0.489 e. The van der Waals surface area contributed by atoms with Crippen LogP contribution in [0.3, 0.4) is 0 Å².